The lowest BCUT2D eigenvalue weighted by molar-refractivity contribution is 0.102. The van der Waals surface area contributed by atoms with E-state index in [1.807, 2.05) is 12.1 Å². The second-order valence-electron chi connectivity index (χ2n) is 5.09. The summed E-state index contributed by atoms with van der Waals surface area (Å²) in [5, 5.41) is 10.0. The number of nitrogens with one attached hydrogen (secondary N) is 2. The van der Waals surface area contributed by atoms with E-state index in [2.05, 4.69) is 15.5 Å². The molecule has 0 saturated carbocycles. The number of halogens is 2. The van der Waals surface area contributed by atoms with Crippen molar-refractivity contribution >= 4 is 23.2 Å². The van der Waals surface area contributed by atoms with Crippen LogP contribution in [0.5, 0.6) is 0 Å². The molecule has 4 nitrogen and oxygen atoms in total. The van der Waals surface area contributed by atoms with Gasteiger partial charge >= 0.3 is 0 Å². The minimum Gasteiger partial charge on any atom is -0.321 e. The molecule has 0 aliphatic heterocycles. The molecule has 1 aromatic heterocycles. The number of hydrogen-bond acceptors (Lipinski definition) is 2. The van der Waals surface area contributed by atoms with Crippen LogP contribution in [0.25, 0.3) is 11.3 Å². The highest BCUT2D eigenvalue weighted by Gasteiger charge is 2.12. The van der Waals surface area contributed by atoms with E-state index in [0.29, 0.717) is 22.0 Å². The fraction of sp³-hybridized carbons (Fsp3) is 0.0588. The van der Waals surface area contributed by atoms with Gasteiger partial charge in [0, 0.05) is 16.3 Å². The average Bonchev–Trinajstić information content (AvgIpc) is 3.02. The number of hydrogen-bond donors (Lipinski definition) is 2. The van der Waals surface area contributed by atoms with Crippen molar-refractivity contribution in [3.8, 4) is 11.3 Å². The van der Waals surface area contributed by atoms with Gasteiger partial charge in [0.05, 0.1) is 5.69 Å². The Morgan fingerprint density at radius 2 is 1.91 bits per heavy atom. The molecule has 0 aliphatic rings. The summed E-state index contributed by atoms with van der Waals surface area (Å²) in [5.41, 5.74) is 2.67. The first kappa shape index (κ1) is 15.2. The minimum absolute atomic E-state index is 0.288. The van der Waals surface area contributed by atoms with Crippen LogP contribution in [0.4, 0.5) is 10.1 Å². The lowest BCUT2D eigenvalue weighted by atomic mass is 10.1. The van der Waals surface area contributed by atoms with Crippen LogP contribution in [0, 0.1) is 12.7 Å². The monoisotopic (exact) mass is 329 g/mol. The van der Waals surface area contributed by atoms with Crippen LogP contribution in [0.15, 0.2) is 48.5 Å². The van der Waals surface area contributed by atoms with Gasteiger partial charge in [-0.05, 0) is 42.8 Å². The van der Waals surface area contributed by atoms with Crippen molar-refractivity contribution in [3.63, 3.8) is 0 Å². The highest BCUT2D eigenvalue weighted by Crippen LogP contribution is 2.21. The molecule has 1 heterocycles. The van der Waals surface area contributed by atoms with Gasteiger partial charge in [-0.3, -0.25) is 9.89 Å². The quantitative estimate of drug-likeness (QED) is 0.746. The molecule has 0 fully saturated rings. The number of H-pyrrole nitrogens is 1. The molecule has 1 amide bonds. The fourth-order valence-electron chi connectivity index (χ4n) is 2.08. The maximum atomic E-state index is 13.5. The van der Waals surface area contributed by atoms with Crippen molar-refractivity contribution in [2.45, 2.75) is 6.92 Å². The number of amides is 1. The number of aryl methyl sites for hydroxylation is 1. The number of anilines is 1. The van der Waals surface area contributed by atoms with Gasteiger partial charge in [0.15, 0.2) is 0 Å². The molecule has 3 aromatic rings. The van der Waals surface area contributed by atoms with Crippen LogP contribution < -0.4 is 5.32 Å². The van der Waals surface area contributed by atoms with Gasteiger partial charge in [-0.1, -0.05) is 29.8 Å². The van der Waals surface area contributed by atoms with E-state index in [9.17, 15) is 9.18 Å². The first-order chi connectivity index (χ1) is 11.0. The number of rotatable bonds is 3. The van der Waals surface area contributed by atoms with E-state index in [4.69, 9.17) is 11.6 Å². The molecule has 0 aliphatic carbocycles. The zero-order valence-corrected chi connectivity index (χ0v) is 13.0. The Balaban J connectivity index is 1.78. The molecule has 116 valence electrons. The van der Waals surface area contributed by atoms with E-state index in [1.54, 1.807) is 37.3 Å². The number of carbonyl (C=O) groups is 1. The second-order valence-corrected chi connectivity index (χ2v) is 5.53. The number of nitrogens with zero attached hydrogens (tertiary/aromatic N) is 1. The van der Waals surface area contributed by atoms with Gasteiger partial charge in [0.1, 0.15) is 11.5 Å². The number of benzene rings is 2. The first-order valence-electron chi connectivity index (χ1n) is 6.92. The Labute approximate surface area is 137 Å². The Bertz CT molecular complexity index is 859. The van der Waals surface area contributed by atoms with Crippen LogP contribution in [0.3, 0.4) is 0 Å². The van der Waals surface area contributed by atoms with Crippen LogP contribution in [-0.4, -0.2) is 16.1 Å². The maximum absolute atomic E-state index is 13.5. The smallest absolute Gasteiger partial charge is 0.273 e. The standard InChI is InChI=1S/C17H13ClFN3O/c1-10-2-7-13(8-14(10)19)20-17(23)16-9-15(21-22-16)11-3-5-12(18)6-4-11/h2-9H,1H3,(H,20,23)(H,21,22). The van der Waals surface area contributed by atoms with Crippen LogP contribution in [0.2, 0.25) is 5.02 Å². The lowest BCUT2D eigenvalue weighted by Crippen LogP contribution is -2.12. The molecule has 6 heteroatoms. The second kappa shape index (κ2) is 6.22. The molecule has 23 heavy (non-hydrogen) atoms. The van der Waals surface area contributed by atoms with Crippen molar-refractivity contribution in [2.75, 3.05) is 5.32 Å². The molecule has 2 N–H and O–H groups in total. The van der Waals surface area contributed by atoms with Crippen LogP contribution >= 0.6 is 11.6 Å². The highest BCUT2D eigenvalue weighted by atomic mass is 35.5. The zero-order chi connectivity index (χ0) is 16.4. The molecular formula is C17H13ClFN3O. The SMILES string of the molecule is Cc1ccc(NC(=O)c2cc(-c3ccc(Cl)cc3)n[nH]2)cc1F. The summed E-state index contributed by atoms with van der Waals surface area (Å²) in [6.45, 7) is 1.66. The summed E-state index contributed by atoms with van der Waals surface area (Å²) < 4.78 is 13.5. The van der Waals surface area contributed by atoms with E-state index in [1.165, 1.54) is 6.07 Å². The molecule has 0 unspecified atom stereocenters. The van der Waals surface area contributed by atoms with Crippen molar-refractivity contribution in [1.29, 1.82) is 0 Å². The van der Waals surface area contributed by atoms with Gasteiger partial charge in [0.25, 0.3) is 5.91 Å². The molecule has 0 atom stereocenters. The highest BCUT2D eigenvalue weighted by molar-refractivity contribution is 6.30. The molecule has 2 aromatic carbocycles. The third-order valence-electron chi connectivity index (χ3n) is 3.39. The molecule has 0 saturated heterocycles. The van der Waals surface area contributed by atoms with E-state index in [0.717, 1.165) is 5.56 Å². The summed E-state index contributed by atoms with van der Waals surface area (Å²) in [6, 6.07) is 13.3. The molecule has 3 rings (SSSR count). The van der Waals surface area contributed by atoms with Gasteiger partial charge in [0.2, 0.25) is 0 Å². The average molecular weight is 330 g/mol. The zero-order valence-electron chi connectivity index (χ0n) is 12.2. The van der Waals surface area contributed by atoms with E-state index >= 15 is 0 Å². The predicted octanol–water partition coefficient (Wildman–Crippen LogP) is 4.43. The number of aromatic amines is 1. The number of aromatic nitrogens is 2. The van der Waals surface area contributed by atoms with E-state index < -0.39 is 0 Å². The Morgan fingerprint density at radius 3 is 2.61 bits per heavy atom. The largest absolute Gasteiger partial charge is 0.321 e. The fourth-order valence-corrected chi connectivity index (χ4v) is 2.20. The molecular weight excluding hydrogens is 317 g/mol. The third-order valence-corrected chi connectivity index (χ3v) is 3.64. The third kappa shape index (κ3) is 3.40. The van der Waals surface area contributed by atoms with Crippen LogP contribution in [0.1, 0.15) is 16.1 Å². The van der Waals surface area contributed by atoms with Crippen molar-refractivity contribution < 1.29 is 9.18 Å². The van der Waals surface area contributed by atoms with Crippen molar-refractivity contribution in [2.24, 2.45) is 0 Å². The van der Waals surface area contributed by atoms with Gasteiger partial charge in [-0.25, -0.2) is 4.39 Å². The molecule has 0 radical (unpaired) electrons. The minimum atomic E-state index is -0.388. The van der Waals surface area contributed by atoms with Gasteiger partial charge in [-0.2, -0.15) is 5.10 Å². The summed E-state index contributed by atoms with van der Waals surface area (Å²) in [4.78, 5) is 12.2. The molecule has 0 bridgehead atoms. The normalized spacial score (nSPS) is 10.6. The molecule has 0 spiro atoms. The lowest BCUT2D eigenvalue weighted by Gasteiger charge is -2.04. The Kier molecular flexibility index (Phi) is 4.12. The van der Waals surface area contributed by atoms with E-state index in [-0.39, 0.29) is 17.4 Å². The number of carbonyl (C=O) groups excluding carboxylic acids is 1. The van der Waals surface area contributed by atoms with Crippen molar-refractivity contribution in [1.82, 2.24) is 10.2 Å². The summed E-state index contributed by atoms with van der Waals surface area (Å²) in [5.74, 6) is -0.754. The van der Waals surface area contributed by atoms with Gasteiger partial charge in [-0.15, -0.1) is 0 Å². The van der Waals surface area contributed by atoms with Gasteiger partial charge < -0.3 is 5.32 Å². The first-order valence-corrected chi connectivity index (χ1v) is 7.29. The summed E-state index contributed by atoms with van der Waals surface area (Å²) in [6.07, 6.45) is 0. The van der Waals surface area contributed by atoms with Crippen LogP contribution in [-0.2, 0) is 0 Å². The topological polar surface area (TPSA) is 57.8 Å². The van der Waals surface area contributed by atoms with Crippen molar-refractivity contribution in [3.05, 3.63) is 70.6 Å². The maximum Gasteiger partial charge on any atom is 0.273 e. The Hall–Kier alpha value is -2.66. The Morgan fingerprint density at radius 1 is 1.17 bits per heavy atom. The predicted molar refractivity (Wildman–Crippen MR) is 88.1 cm³/mol. The summed E-state index contributed by atoms with van der Waals surface area (Å²) >= 11 is 5.85. The summed E-state index contributed by atoms with van der Waals surface area (Å²) in [7, 11) is 0.